The van der Waals surface area contributed by atoms with Gasteiger partial charge in [0.05, 0.1) is 18.4 Å². The predicted molar refractivity (Wildman–Crippen MR) is 120 cm³/mol. The van der Waals surface area contributed by atoms with Crippen LogP contribution in [0.25, 0.3) is 11.2 Å². The Hall–Kier alpha value is -5.08. The number of rotatable bonds is 10. The summed E-state index contributed by atoms with van der Waals surface area (Å²) in [6.07, 6.45) is 0.717. The number of aliphatic carboxylic acids is 2. The van der Waals surface area contributed by atoms with Gasteiger partial charge in [0, 0.05) is 17.7 Å². The van der Waals surface area contributed by atoms with Gasteiger partial charge >= 0.3 is 11.9 Å². The molecular weight excluding hydrogens is 464 g/mol. The minimum Gasteiger partial charge on any atom is -0.481 e. The number of nitrogens with two attached hydrogens (primary N) is 2. The summed E-state index contributed by atoms with van der Waals surface area (Å²) in [7, 11) is 0. The summed E-state index contributed by atoms with van der Waals surface area (Å²) in [5.74, 6) is -6.95. The van der Waals surface area contributed by atoms with Crippen molar-refractivity contribution in [3.05, 3.63) is 52.1 Å². The van der Waals surface area contributed by atoms with Gasteiger partial charge in [0.2, 0.25) is 11.9 Å². The van der Waals surface area contributed by atoms with Gasteiger partial charge in [-0.3, -0.25) is 24.2 Å². The molecule has 2 unspecified atom stereocenters. The molecular formula is C20H20N8O7. The summed E-state index contributed by atoms with van der Waals surface area (Å²) < 4.78 is 0. The quantitative estimate of drug-likeness (QED) is 0.165. The number of carbonyl (C=O) groups is 4. The van der Waals surface area contributed by atoms with E-state index < -0.39 is 47.7 Å². The zero-order valence-corrected chi connectivity index (χ0v) is 17.9. The Kier molecular flexibility index (Phi) is 7.19. The molecule has 2 heterocycles. The number of carboxylic acid groups (broad SMARTS) is 2. The van der Waals surface area contributed by atoms with Gasteiger partial charge in [-0.1, -0.05) is 0 Å². The standard InChI is InChI=1S/C20H20N8O7/c21-14(29)11(18(32)33)5-12(19(34)35)26-16(30)8-1-3-9(4-2-8)23-6-10-7-24-15-13(25-10)17(31)28-20(22)27-15/h1-4,7,11-12,23H,5-6H2,(H2,21,29)(H,26,30)(H,32,33)(H,34,35)(H3,22,24,27,28,31). The maximum atomic E-state index is 12.4. The van der Waals surface area contributed by atoms with Crippen LogP contribution < -0.4 is 27.7 Å². The lowest BCUT2D eigenvalue weighted by Crippen LogP contribution is -2.45. The molecule has 182 valence electrons. The predicted octanol–water partition coefficient (Wildman–Crippen LogP) is -1.33. The topological polar surface area (TPSA) is 256 Å². The average molecular weight is 484 g/mol. The van der Waals surface area contributed by atoms with Crippen LogP contribution in [0.15, 0.2) is 35.3 Å². The number of aromatic nitrogens is 4. The third-order valence-corrected chi connectivity index (χ3v) is 4.82. The first kappa shape index (κ1) is 24.6. The van der Waals surface area contributed by atoms with E-state index in [4.69, 9.17) is 16.6 Å². The summed E-state index contributed by atoms with van der Waals surface area (Å²) in [5, 5.41) is 23.5. The summed E-state index contributed by atoms with van der Waals surface area (Å²) in [5.41, 5.74) is 11.2. The van der Waals surface area contributed by atoms with E-state index in [1.165, 1.54) is 30.5 Å². The minimum atomic E-state index is -1.77. The molecule has 35 heavy (non-hydrogen) atoms. The van der Waals surface area contributed by atoms with Crippen LogP contribution in [0.5, 0.6) is 0 Å². The Bertz CT molecular complexity index is 1340. The van der Waals surface area contributed by atoms with Gasteiger partial charge in [0.15, 0.2) is 11.2 Å². The van der Waals surface area contributed by atoms with E-state index in [1.54, 1.807) is 0 Å². The van der Waals surface area contributed by atoms with Crippen LogP contribution in [0, 0.1) is 5.92 Å². The van der Waals surface area contributed by atoms with Crippen molar-refractivity contribution in [2.45, 2.75) is 19.0 Å². The Morgan fingerprint density at radius 2 is 1.74 bits per heavy atom. The number of fused-ring (bicyclic) bond motifs is 1. The highest BCUT2D eigenvalue weighted by atomic mass is 16.4. The monoisotopic (exact) mass is 484 g/mol. The van der Waals surface area contributed by atoms with Crippen molar-refractivity contribution in [1.82, 2.24) is 25.3 Å². The molecule has 0 saturated carbocycles. The molecule has 0 aliphatic carbocycles. The van der Waals surface area contributed by atoms with Crippen LogP contribution in [0.2, 0.25) is 0 Å². The summed E-state index contributed by atoms with van der Waals surface area (Å²) in [6.45, 7) is 0.184. The maximum Gasteiger partial charge on any atom is 0.326 e. The van der Waals surface area contributed by atoms with Crippen LogP contribution in [0.1, 0.15) is 22.5 Å². The lowest BCUT2D eigenvalue weighted by molar-refractivity contribution is -0.147. The number of hydrogen-bond donors (Lipinski definition) is 7. The van der Waals surface area contributed by atoms with E-state index in [0.29, 0.717) is 11.4 Å². The molecule has 15 heteroatoms. The molecule has 3 aromatic rings. The average Bonchev–Trinajstić information content (AvgIpc) is 2.80. The fourth-order valence-electron chi connectivity index (χ4n) is 3.03. The Morgan fingerprint density at radius 1 is 1.06 bits per heavy atom. The van der Waals surface area contributed by atoms with E-state index in [-0.39, 0.29) is 29.2 Å². The first-order valence-electron chi connectivity index (χ1n) is 9.96. The smallest absolute Gasteiger partial charge is 0.326 e. The number of H-pyrrole nitrogens is 1. The van der Waals surface area contributed by atoms with Crippen molar-refractivity contribution in [3.8, 4) is 0 Å². The highest BCUT2D eigenvalue weighted by Crippen LogP contribution is 2.13. The fraction of sp³-hybridized carbons (Fsp3) is 0.200. The summed E-state index contributed by atoms with van der Waals surface area (Å²) >= 11 is 0. The van der Waals surface area contributed by atoms with Crippen LogP contribution in [0.4, 0.5) is 11.6 Å². The number of amides is 2. The molecule has 1 aromatic carbocycles. The van der Waals surface area contributed by atoms with E-state index in [9.17, 15) is 29.1 Å². The number of carboxylic acids is 2. The molecule has 3 rings (SSSR count). The number of hydrogen-bond acceptors (Lipinski definition) is 10. The summed E-state index contributed by atoms with van der Waals surface area (Å²) in [6, 6.07) is 4.24. The third kappa shape index (κ3) is 6.04. The fourth-order valence-corrected chi connectivity index (χ4v) is 3.03. The number of primary amides is 1. The zero-order valence-electron chi connectivity index (χ0n) is 17.9. The molecule has 0 saturated heterocycles. The van der Waals surface area contributed by atoms with Crippen molar-refractivity contribution in [2.75, 3.05) is 11.1 Å². The number of aromatic amines is 1. The van der Waals surface area contributed by atoms with E-state index >= 15 is 0 Å². The van der Waals surface area contributed by atoms with Crippen LogP contribution in [-0.4, -0.2) is 59.9 Å². The maximum absolute atomic E-state index is 12.4. The molecule has 2 aromatic heterocycles. The molecule has 9 N–H and O–H groups in total. The highest BCUT2D eigenvalue weighted by Gasteiger charge is 2.32. The van der Waals surface area contributed by atoms with Crippen LogP contribution in [-0.2, 0) is 20.9 Å². The molecule has 15 nitrogen and oxygen atoms in total. The number of nitrogen functional groups attached to an aromatic ring is 1. The normalized spacial score (nSPS) is 12.5. The van der Waals surface area contributed by atoms with Gasteiger partial charge in [0.1, 0.15) is 12.0 Å². The first-order chi connectivity index (χ1) is 16.5. The molecule has 2 amide bonds. The Morgan fingerprint density at radius 3 is 2.34 bits per heavy atom. The molecule has 0 bridgehead atoms. The van der Waals surface area contributed by atoms with Crippen LogP contribution in [0.3, 0.4) is 0 Å². The summed E-state index contributed by atoms with van der Waals surface area (Å²) in [4.78, 5) is 72.6. The van der Waals surface area contributed by atoms with E-state index in [1.807, 2.05) is 0 Å². The second kappa shape index (κ2) is 10.2. The SMILES string of the molecule is NC(=O)C(CC(NC(=O)c1ccc(NCc2cnc3nc(N)[nH]c(=O)c3n2)cc1)C(=O)O)C(=O)O. The lowest BCUT2D eigenvalue weighted by Gasteiger charge is -2.17. The zero-order chi connectivity index (χ0) is 25.7. The van der Waals surface area contributed by atoms with Crippen molar-refractivity contribution >= 4 is 46.6 Å². The van der Waals surface area contributed by atoms with Gasteiger partial charge < -0.3 is 32.3 Å². The van der Waals surface area contributed by atoms with Gasteiger partial charge in [-0.2, -0.15) is 4.98 Å². The van der Waals surface area contributed by atoms with Gasteiger partial charge in [-0.05, 0) is 24.3 Å². The highest BCUT2D eigenvalue weighted by molar-refractivity contribution is 5.99. The van der Waals surface area contributed by atoms with E-state index in [2.05, 4.69) is 30.6 Å². The Balaban J connectivity index is 1.64. The molecule has 0 spiro atoms. The van der Waals surface area contributed by atoms with Crippen molar-refractivity contribution in [2.24, 2.45) is 11.7 Å². The number of anilines is 2. The van der Waals surface area contributed by atoms with Gasteiger partial charge in [0.25, 0.3) is 11.5 Å². The molecule has 0 fully saturated rings. The van der Waals surface area contributed by atoms with E-state index in [0.717, 1.165) is 0 Å². The number of carbonyl (C=O) groups excluding carboxylic acids is 2. The van der Waals surface area contributed by atoms with Crippen molar-refractivity contribution in [3.63, 3.8) is 0 Å². The number of nitrogens with zero attached hydrogens (tertiary/aromatic N) is 3. The minimum absolute atomic E-state index is 0.0278. The third-order valence-electron chi connectivity index (χ3n) is 4.82. The van der Waals surface area contributed by atoms with Crippen molar-refractivity contribution < 1.29 is 29.4 Å². The second-order valence-electron chi connectivity index (χ2n) is 7.31. The molecule has 2 atom stereocenters. The molecule has 0 aliphatic heterocycles. The largest absolute Gasteiger partial charge is 0.481 e. The first-order valence-corrected chi connectivity index (χ1v) is 9.96. The number of nitrogens with one attached hydrogen (secondary N) is 3. The second-order valence-corrected chi connectivity index (χ2v) is 7.31. The van der Waals surface area contributed by atoms with Gasteiger partial charge in [-0.25, -0.2) is 14.8 Å². The van der Waals surface area contributed by atoms with Crippen LogP contribution >= 0.6 is 0 Å². The molecule has 0 radical (unpaired) electrons. The number of benzene rings is 1. The lowest BCUT2D eigenvalue weighted by atomic mass is 9.99. The van der Waals surface area contributed by atoms with Gasteiger partial charge in [-0.15, -0.1) is 0 Å². The van der Waals surface area contributed by atoms with Crippen molar-refractivity contribution in [1.29, 1.82) is 0 Å². The Labute approximate surface area is 195 Å². The molecule has 0 aliphatic rings.